The van der Waals surface area contributed by atoms with Crippen LogP contribution < -0.4 is 0 Å². The fourth-order valence-electron chi connectivity index (χ4n) is 3.86. The van der Waals surface area contributed by atoms with Gasteiger partial charge in [0.15, 0.2) is 0 Å². The van der Waals surface area contributed by atoms with Gasteiger partial charge in [-0.05, 0) is 0 Å². The molecule has 0 N–H and O–H groups in total. The summed E-state index contributed by atoms with van der Waals surface area (Å²) in [7, 11) is -5.26. The van der Waals surface area contributed by atoms with Gasteiger partial charge in [0.1, 0.15) is 0 Å². The molecule has 0 fully saturated rings. The predicted octanol–water partition coefficient (Wildman–Crippen LogP) is 7.89. The van der Waals surface area contributed by atoms with Crippen LogP contribution in [0.1, 0.15) is 0 Å². The Hall–Kier alpha value is 0.542. The van der Waals surface area contributed by atoms with Crippen LogP contribution in [-0.2, 0) is 19.2 Å². The molecule has 2 atom stereocenters. The van der Waals surface area contributed by atoms with Gasteiger partial charge in [0.2, 0.25) is 0 Å². The summed E-state index contributed by atoms with van der Waals surface area (Å²) in [6, 6.07) is 0. The van der Waals surface area contributed by atoms with E-state index >= 15 is 0 Å². The van der Waals surface area contributed by atoms with E-state index in [2.05, 4.69) is 115 Å². The zero-order valence-electron chi connectivity index (χ0n) is 20.0. The first-order valence-corrected chi connectivity index (χ1v) is 26.0. The molecule has 2 aliphatic rings. The van der Waals surface area contributed by atoms with E-state index in [1.165, 1.54) is 0 Å². The molecule has 0 heterocycles. The monoisotopic (exact) mass is 466 g/mol. The molecule has 27 heavy (non-hydrogen) atoms. The summed E-state index contributed by atoms with van der Waals surface area (Å²) in [6.45, 7) is 30.8. The van der Waals surface area contributed by atoms with E-state index in [0.29, 0.717) is 6.69 Å². The molecule has 0 spiro atoms. The number of rotatable bonds is 6. The van der Waals surface area contributed by atoms with Crippen LogP contribution in [0.5, 0.6) is 0 Å². The molecule has 0 radical (unpaired) electrons. The van der Waals surface area contributed by atoms with Crippen LogP contribution in [0, 0.1) is 0 Å². The topological polar surface area (TPSA) is 0 Å². The molecule has 0 saturated carbocycles. The summed E-state index contributed by atoms with van der Waals surface area (Å²) in [5.41, 5.74) is 0. The van der Waals surface area contributed by atoms with Gasteiger partial charge in [-0.1, -0.05) is 0 Å². The van der Waals surface area contributed by atoms with Gasteiger partial charge >= 0.3 is 184 Å². The number of hydrogen-bond donors (Lipinski definition) is 0. The Morgan fingerprint density at radius 3 is 1.04 bits per heavy atom. The van der Waals surface area contributed by atoms with Gasteiger partial charge in [-0.2, -0.15) is 0 Å². The summed E-state index contributed by atoms with van der Waals surface area (Å²) in [4.78, 5) is 0. The van der Waals surface area contributed by atoms with E-state index in [1.807, 2.05) is 0 Å². The average Bonchev–Trinajstić information content (AvgIpc) is 3.02. The van der Waals surface area contributed by atoms with Crippen molar-refractivity contribution in [1.82, 2.24) is 0 Å². The zero-order chi connectivity index (χ0) is 21.1. The summed E-state index contributed by atoms with van der Waals surface area (Å²) in [5, 5.41) is 3.41. The minimum absolute atomic E-state index is 0.227. The summed E-state index contributed by atoms with van der Waals surface area (Å²) < 4.78 is 0.831. The second-order valence-corrected chi connectivity index (χ2v) is 38.1. The van der Waals surface area contributed by atoms with Crippen LogP contribution in [0.25, 0.3) is 0 Å². The zero-order valence-corrected chi connectivity index (χ0v) is 25.5. The summed E-state index contributed by atoms with van der Waals surface area (Å²) in [5.74, 6) is 0. The Morgan fingerprint density at radius 1 is 0.556 bits per heavy atom. The predicted molar refractivity (Wildman–Crippen MR) is 133 cm³/mol. The Balaban J connectivity index is 2.61. The third kappa shape index (κ3) is 4.66. The van der Waals surface area contributed by atoms with E-state index in [9.17, 15) is 0 Å². The van der Waals surface area contributed by atoms with Gasteiger partial charge in [-0.15, -0.1) is 0 Å². The Labute approximate surface area is 182 Å². The molecule has 0 bridgehead atoms. The molecule has 0 nitrogen and oxygen atoms in total. The van der Waals surface area contributed by atoms with E-state index in [-0.39, 0.29) is 19.2 Å². The third-order valence-corrected chi connectivity index (χ3v) is 26.4. The molecule has 2 unspecified atom stereocenters. The van der Waals surface area contributed by atoms with E-state index in [0.717, 1.165) is 0 Å². The first-order chi connectivity index (χ1) is 11.8. The van der Waals surface area contributed by atoms with Gasteiger partial charge in [-0.3, -0.25) is 0 Å². The number of hydrogen-bond acceptors (Lipinski definition) is 0. The Kier molecular flexibility index (Phi) is 6.22. The van der Waals surface area contributed by atoms with Crippen molar-refractivity contribution < 1.29 is 19.2 Å². The van der Waals surface area contributed by atoms with Gasteiger partial charge in [-0.25, -0.2) is 0 Å². The van der Waals surface area contributed by atoms with Crippen LogP contribution in [-0.4, -0.2) is 32.3 Å². The quantitative estimate of drug-likeness (QED) is 0.349. The molecule has 2 aliphatic carbocycles. The molecule has 2 rings (SSSR count). The third-order valence-electron chi connectivity index (χ3n) is 6.45. The normalized spacial score (nSPS) is 29.2. The van der Waals surface area contributed by atoms with E-state index in [1.54, 1.807) is 10.4 Å². The maximum atomic E-state index is 2.81. The number of allylic oxidation sites excluding steroid dienone is 8. The van der Waals surface area contributed by atoms with E-state index < -0.39 is 32.3 Å². The fraction of sp³-hybridized carbons (Fsp3) is 0.636. The minimum atomic E-state index is -1.37. The van der Waals surface area contributed by atoms with Crippen LogP contribution in [0.15, 0.2) is 46.8 Å². The molecule has 0 aromatic carbocycles. The van der Waals surface area contributed by atoms with Crippen molar-refractivity contribution in [2.45, 2.75) is 85.3 Å². The first kappa shape index (κ1) is 23.8. The van der Waals surface area contributed by atoms with Crippen molar-refractivity contribution >= 4 is 32.3 Å². The summed E-state index contributed by atoms with van der Waals surface area (Å²) >= 11 is -0.227. The molecule has 0 amide bonds. The Morgan fingerprint density at radius 2 is 0.852 bits per heavy atom. The molecular formula is C22H42Si4Ti. The van der Waals surface area contributed by atoms with Crippen molar-refractivity contribution in [2.75, 3.05) is 0 Å². The van der Waals surface area contributed by atoms with Crippen LogP contribution >= 0.6 is 0 Å². The Bertz CT molecular complexity index is 655. The van der Waals surface area contributed by atoms with Gasteiger partial charge < -0.3 is 0 Å². The standard InChI is InChI=1S/2C11H21Si2.Ti/c2*1-12(2,3)10-7-8-11(9-10)13(4,5)6;/h2*7-9H,1-6H3;. The van der Waals surface area contributed by atoms with Crippen molar-refractivity contribution in [3.8, 4) is 0 Å². The molecule has 5 heteroatoms. The molecule has 0 aromatic rings. The van der Waals surface area contributed by atoms with Crippen molar-refractivity contribution in [3.63, 3.8) is 0 Å². The first-order valence-electron chi connectivity index (χ1n) is 10.5. The molecule has 0 aliphatic heterocycles. The van der Waals surface area contributed by atoms with Crippen LogP contribution in [0.2, 0.25) is 85.3 Å². The molecular weight excluding hydrogens is 424 g/mol. The molecule has 150 valence electrons. The van der Waals surface area contributed by atoms with Gasteiger partial charge in [0, 0.05) is 0 Å². The van der Waals surface area contributed by atoms with Crippen molar-refractivity contribution in [2.24, 2.45) is 0 Å². The summed E-state index contributed by atoms with van der Waals surface area (Å²) in [6.07, 6.45) is 16.1. The van der Waals surface area contributed by atoms with Crippen LogP contribution in [0.3, 0.4) is 0 Å². The van der Waals surface area contributed by atoms with Crippen molar-refractivity contribution in [3.05, 3.63) is 46.8 Å². The maximum absolute atomic E-state index is 2.81. The molecule has 0 aromatic heterocycles. The van der Waals surface area contributed by atoms with Gasteiger partial charge in [0.25, 0.3) is 0 Å². The van der Waals surface area contributed by atoms with Gasteiger partial charge in [0.05, 0.1) is 0 Å². The molecule has 0 saturated heterocycles. The average molecular weight is 467 g/mol. The van der Waals surface area contributed by atoms with Crippen molar-refractivity contribution in [1.29, 1.82) is 0 Å². The van der Waals surface area contributed by atoms with Crippen LogP contribution in [0.4, 0.5) is 0 Å². The SMILES string of the molecule is C[Si](C)(C)C1=C[C]([Ti][C]2([Si](C)(C)C)C=CC([Si](C)(C)C)=C2)([Si](C)(C)C)C=C1. The fourth-order valence-corrected chi connectivity index (χ4v) is 18.2. The second-order valence-electron chi connectivity index (χ2n) is 12.7. The van der Waals surface area contributed by atoms with E-state index in [4.69, 9.17) is 0 Å². The second kappa shape index (κ2) is 7.05.